The lowest BCUT2D eigenvalue weighted by Gasteiger charge is -2.12. The van der Waals surface area contributed by atoms with E-state index in [9.17, 15) is 9.90 Å². The number of nitrogen functional groups attached to an aromatic ring is 1. The fourth-order valence-electron chi connectivity index (χ4n) is 1.75. The topological polar surface area (TPSA) is 123 Å². The van der Waals surface area contributed by atoms with Gasteiger partial charge in [0, 0.05) is 12.6 Å². The summed E-state index contributed by atoms with van der Waals surface area (Å²) in [7, 11) is 0. The molecule has 1 fully saturated rings. The molecule has 94 valence electrons. The third kappa shape index (κ3) is 2.29. The van der Waals surface area contributed by atoms with Crippen LogP contribution in [0.15, 0.2) is 12.5 Å². The summed E-state index contributed by atoms with van der Waals surface area (Å²) < 4.78 is 6.95. The van der Waals surface area contributed by atoms with Gasteiger partial charge in [-0.25, -0.2) is 10.8 Å². The predicted molar refractivity (Wildman–Crippen MR) is 55.5 cm³/mol. The van der Waals surface area contributed by atoms with Crippen LogP contribution in [0.2, 0.25) is 0 Å². The van der Waals surface area contributed by atoms with Crippen LogP contribution in [0.4, 0.5) is 0 Å². The second kappa shape index (κ2) is 4.80. The predicted octanol–water partition coefficient (Wildman–Crippen LogP) is -1.87. The molecule has 1 amide bonds. The van der Waals surface area contributed by atoms with Crippen LogP contribution < -0.4 is 11.3 Å². The fraction of sp³-hybridized carbons (Fsp3) is 0.556. The van der Waals surface area contributed by atoms with Gasteiger partial charge in [-0.1, -0.05) is 0 Å². The number of nitrogens with one attached hydrogen (secondary N) is 1. The summed E-state index contributed by atoms with van der Waals surface area (Å²) in [4.78, 5) is 15.0. The Morgan fingerprint density at radius 2 is 2.53 bits per heavy atom. The summed E-state index contributed by atoms with van der Waals surface area (Å²) in [6.45, 7) is -0.248. The number of hydrogen-bond donors (Lipinski definition) is 4. The van der Waals surface area contributed by atoms with E-state index < -0.39 is 24.3 Å². The van der Waals surface area contributed by atoms with Gasteiger partial charge in [0.25, 0.3) is 5.91 Å². The van der Waals surface area contributed by atoms with Crippen molar-refractivity contribution in [2.75, 3.05) is 6.61 Å². The lowest BCUT2D eigenvalue weighted by molar-refractivity contribution is -0.0443. The Morgan fingerprint density at radius 3 is 3.12 bits per heavy atom. The van der Waals surface area contributed by atoms with E-state index in [1.807, 2.05) is 5.43 Å². The maximum Gasteiger partial charge on any atom is 0.285 e. The van der Waals surface area contributed by atoms with Gasteiger partial charge < -0.3 is 19.5 Å². The van der Waals surface area contributed by atoms with Crippen LogP contribution in [-0.2, 0) is 4.74 Å². The monoisotopic (exact) mass is 242 g/mol. The first-order valence-corrected chi connectivity index (χ1v) is 5.14. The minimum atomic E-state index is -0.723. The highest BCUT2D eigenvalue weighted by molar-refractivity contribution is 5.91. The van der Waals surface area contributed by atoms with Crippen molar-refractivity contribution >= 4 is 5.91 Å². The minimum absolute atomic E-state index is 0.165. The molecule has 1 saturated heterocycles. The van der Waals surface area contributed by atoms with Gasteiger partial charge in [0.1, 0.15) is 18.0 Å². The Labute approximate surface area is 97.0 Å². The molecule has 1 aromatic rings. The van der Waals surface area contributed by atoms with E-state index in [-0.39, 0.29) is 12.3 Å². The van der Waals surface area contributed by atoms with Crippen molar-refractivity contribution in [3.8, 4) is 0 Å². The van der Waals surface area contributed by atoms with Crippen LogP contribution >= 0.6 is 0 Å². The molecule has 0 bridgehead atoms. The highest BCUT2D eigenvalue weighted by atomic mass is 16.5. The van der Waals surface area contributed by atoms with Gasteiger partial charge in [0.2, 0.25) is 0 Å². The van der Waals surface area contributed by atoms with Crippen LogP contribution in [0.25, 0.3) is 0 Å². The van der Waals surface area contributed by atoms with Gasteiger partial charge >= 0.3 is 0 Å². The van der Waals surface area contributed by atoms with Gasteiger partial charge in [-0.3, -0.25) is 10.2 Å². The largest absolute Gasteiger partial charge is 0.394 e. The smallest absolute Gasteiger partial charge is 0.285 e. The molecule has 0 aromatic carbocycles. The molecule has 1 aromatic heterocycles. The van der Waals surface area contributed by atoms with Crippen LogP contribution in [-0.4, -0.2) is 44.5 Å². The molecule has 0 aliphatic carbocycles. The Balaban J connectivity index is 2.09. The fourth-order valence-corrected chi connectivity index (χ4v) is 1.75. The number of amides is 1. The number of nitrogens with two attached hydrogens (primary N) is 1. The van der Waals surface area contributed by atoms with Crippen molar-refractivity contribution in [1.29, 1.82) is 0 Å². The van der Waals surface area contributed by atoms with E-state index in [1.54, 1.807) is 4.57 Å². The first kappa shape index (κ1) is 12.0. The number of nitrogens with zero attached hydrogens (tertiary/aromatic N) is 2. The molecule has 0 unspecified atom stereocenters. The molecular weight excluding hydrogens is 228 g/mol. The Bertz CT molecular complexity index is 407. The van der Waals surface area contributed by atoms with E-state index >= 15 is 0 Å². The first-order valence-electron chi connectivity index (χ1n) is 5.14. The zero-order valence-corrected chi connectivity index (χ0v) is 8.98. The lowest BCUT2D eigenvalue weighted by atomic mass is 10.2. The molecule has 0 saturated carbocycles. The summed E-state index contributed by atoms with van der Waals surface area (Å²) in [6, 6.07) is 0. The van der Waals surface area contributed by atoms with Gasteiger partial charge in [-0.2, -0.15) is 0 Å². The molecule has 1 aliphatic rings. The molecule has 8 nitrogen and oxygen atoms in total. The zero-order valence-electron chi connectivity index (χ0n) is 8.98. The van der Waals surface area contributed by atoms with E-state index in [1.165, 1.54) is 12.5 Å². The summed E-state index contributed by atoms with van der Waals surface area (Å²) in [5.74, 6) is 4.48. The highest BCUT2D eigenvalue weighted by Gasteiger charge is 2.34. The van der Waals surface area contributed by atoms with Crippen molar-refractivity contribution in [3.63, 3.8) is 0 Å². The number of imidazole rings is 1. The maximum atomic E-state index is 11.2. The van der Waals surface area contributed by atoms with Gasteiger partial charge in [0.05, 0.1) is 19.0 Å². The third-order valence-corrected chi connectivity index (χ3v) is 2.68. The standard InChI is InChI=1S/C9H14N4O4/c10-12-9(16)5-2-13(4-11-5)8-1-6(15)7(3-14)17-8/h2,4,6-8,14-15H,1,3,10H2,(H,12,16)/t6-,7+,8-/m0/s1. The molecule has 3 atom stereocenters. The second-order valence-corrected chi connectivity index (χ2v) is 3.79. The molecule has 2 heterocycles. The Morgan fingerprint density at radius 1 is 1.76 bits per heavy atom. The van der Waals surface area contributed by atoms with Gasteiger partial charge in [0.15, 0.2) is 0 Å². The van der Waals surface area contributed by atoms with Crippen LogP contribution in [0.5, 0.6) is 0 Å². The second-order valence-electron chi connectivity index (χ2n) is 3.79. The van der Waals surface area contributed by atoms with E-state index in [4.69, 9.17) is 15.7 Å². The van der Waals surface area contributed by atoms with Crippen LogP contribution in [0.3, 0.4) is 0 Å². The van der Waals surface area contributed by atoms with Crippen LogP contribution in [0, 0.1) is 0 Å². The number of aliphatic hydroxyl groups excluding tert-OH is 2. The number of aliphatic hydroxyl groups is 2. The first-order chi connectivity index (χ1) is 8.15. The summed E-state index contributed by atoms with van der Waals surface area (Å²) in [6.07, 6.45) is 1.47. The van der Waals surface area contributed by atoms with Crippen LogP contribution in [0.1, 0.15) is 23.1 Å². The average molecular weight is 242 g/mol. The Kier molecular flexibility index (Phi) is 3.38. The highest BCUT2D eigenvalue weighted by Crippen LogP contribution is 2.28. The summed E-state index contributed by atoms with van der Waals surface area (Å²) >= 11 is 0. The minimum Gasteiger partial charge on any atom is -0.394 e. The SMILES string of the molecule is NNC(=O)c1cn([C@@H]2C[C@H](O)[C@@H](CO)O2)cn1. The molecule has 2 rings (SSSR count). The van der Waals surface area contributed by atoms with Crippen molar-refractivity contribution in [3.05, 3.63) is 18.2 Å². The Hall–Kier alpha value is -1.48. The number of carbonyl (C=O) groups excluding carboxylic acids is 1. The van der Waals surface area contributed by atoms with E-state index in [0.717, 1.165) is 0 Å². The zero-order chi connectivity index (χ0) is 12.4. The van der Waals surface area contributed by atoms with Gasteiger partial charge in [-0.15, -0.1) is 0 Å². The van der Waals surface area contributed by atoms with Gasteiger partial charge in [-0.05, 0) is 0 Å². The van der Waals surface area contributed by atoms with Crippen molar-refractivity contribution < 1.29 is 19.7 Å². The molecule has 0 radical (unpaired) electrons. The van der Waals surface area contributed by atoms with Crippen molar-refractivity contribution in [2.24, 2.45) is 5.84 Å². The van der Waals surface area contributed by atoms with Crippen molar-refractivity contribution in [1.82, 2.24) is 15.0 Å². The molecule has 0 spiro atoms. The maximum absolute atomic E-state index is 11.2. The third-order valence-electron chi connectivity index (χ3n) is 2.68. The van der Waals surface area contributed by atoms with E-state index in [0.29, 0.717) is 6.42 Å². The van der Waals surface area contributed by atoms with Crippen molar-refractivity contribution in [2.45, 2.75) is 24.9 Å². The number of rotatable bonds is 3. The lowest BCUT2D eigenvalue weighted by Crippen LogP contribution is -2.30. The number of ether oxygens (including phenoxy) is 1. The molecule has 5 N–H and O–H groups in total. The summed E-state index contributed by atoms with van der Waals surface area (Å²) in [5.41, 5.74) is 2.13. The molecule has 17 heavy (non-hydrogen) atoms. The molecule has 1 aliphatic heterocycles. The summed E-state index contributed by atoms with van der Waals surface area (Å²) in [5, 5.41) is 18.5. The normalized spacial score (nSPS) is 28.3. The quantitative estimate of drug-likeness (QED) is 0.280. The number of hydrogen-bond acceptors (Lipinski definition) is 6. The average Bonchev–Trinajstić information content (AvgIpc) is 2.94. The van der Waals surface area contributed by atoms with E-state index in [2.05, 4.69) is 4.98 Å². The number of carbonyl (C=O) groups is 1. The molecular formula is C9H14N4O4. The number of hydrazine groups is 1. The number of aromatic nitrogens is 2. The molecule has 8 heteroatoms.